The van der Waals surface area contributed by atoms with Crippen LogP contribution in [-0.4, -0.2) is 5.91 Å². The summed E-state index contributed by atoms with van der Waals surface area (Å²) in [6.07, 6.45) is 0. The van der Waals surface area contributed by atoms with Gasteiger partial charge in [0.25, 0.3) is 5.91 Å². The molecule has 1 N–H and O–H groups in total. The molecule has 3 heteroatoms. The quantitative estimate of drug-likeness (QED) is 0.877. The highest BCUT2D eigenvalue weighted by Gasteiger charge is 2.06. The molecule has 0 saturated carbocycles. The molecule has 2 rings (SSSR count). The van der Waals surface area contributed by atoms with Gasteiger partial charge in [0, 0.05) is 11.3 Å². The summed E-state index contributed by atoms with van der Waals surface area (Å²) in [5.41, 5.74) is 2.40. The van der Waals surface area contributed by atoms with Gasteiger partial charge in [-0.3, -0.25) is 4.79 Å². The van der Waals surface area contributed by atoms with Crippen LogP contribution in [0.25, 0.3) is 0 Å². The number of benzene rings is 2. The average Bonchev–Trinajstić information content (AvgIpc) is 2.40. The number of nitrogens with one attached hydrogen (secondary N) is 1. The molecule has 0 aromatic heterocycles. The zero-order valence-corrected chi connectivity index (χ0v) is 11.0. The van der Waals surface area contributed by atoms with E-state index in [1.54, 1.807) is 0 Å². The predicted molar refractivity (Wildman–Crippen MR) is 74.9 cm³/mol. The van der Waals surface area contributed by atoms with Crippen molar-refractivity contribution in [3.63, 3.8) is 0 Å². The summed E-state index contributed by atoms with van der Waals surface area (Å²) >= 11 is 0. The largest absolute Gasteiger partial charge is 0.322 e. The fourth-order valence-electron chi connectivity index (χ4n) is 1.76. The molecule has 2 nitrogen and oxygen atoms in total. The molecule has 0 bridgehead atoms. The Kier molecular flexibility index (Phi) is 3.95. The van der Waals surface area contributed by atoms with Gasteiger partial charge >= 0.3 is 0 Å². The summed E-state index contributed by atoms with van der Waals surface area (Å²) in [4.78, 5) is 11.9. The van der Waals surface area contributed by atoms with Gasteiger partial charge in [-0.2, -0.15) is 0 Å². The summed E-state index contributed by atoms with van der Waals surface area (Å²) in [7, 11) is 0. The summed E-state index contributed by atoms with van der Waals surface area (Å²) in [6.45, 7) is 4.23. The first-order chi connectivity index (χ1) is 9.06. The molecule has 2 aromatic carbocycles. The highest BCUT2D eigenvalue weighted by atomic mass is 19.1. The van der Waals surface area contributed by atoms with Crippen molar-refractivity contribution in [2.24, 2.45) is 0 Å². The molecule has 0 spiro atoms. The summed E-state index contributed by atoms with van der Waals surface area (Å²) in [6, 6.07) is 13.2. The Bertz CT molecular complexity index is 558. The maximum atomic E-state index is 12.8. The van der Waals surface area contributed by atoms with Crippen molar-refractivity contribution in [2.45, 2.75) is 19.8 Å². The smallest absolute Gasteiger partial charge is 0.255 e. The average molecular weight is 257 g/mol. The number of carbonyl (C=O) groups is 1. The van der Waals surface area contributed by atoms with Crippen molar-refractivity contribution in [1.82, 2.24) is 0 Å². The molecule has 0 saturated heterocycles. The SMILES string of the molecule is CC(C)c1ccc(NC(=O)c2ccc(F)cc2)cc1. The van der Waals surface area contributed by atoms with Gasteiger partial charge in [0.05, 0.1) is 0 Å². The Hall–Kier alpha value is -2.16. The van der Waals surface area contributed by atoms with Gasteiger partial charge in [-0.15, -0.1) is 0 Å². The van der Waals surface area contributed by atoms with Crippen molar-refractivity contribution in [1.29, 1.82) is 0 Å². The fraction of sp³-hybridized carbons (Fsp3) is 0.188. The minimum atomic E-state index is -0.349. The monoisotopic (exact) mass is 257 g/mol. The van der Waals surface area contributed by atoms with Crippen LogP contribution in [0.5, 0.6) is 0 Å². The molecule has 0 aliphatic rings. The molecular formula is C16H16FNO. The van der Waals surface area contributed by atoms with Crippen molar-refractivity contribution in [2.75, 3.05) is 5.32 Å². The zero-order valence-electron chi connectivity index (χ0n) is 11.0. The van der Waals surface area contributed by atoms with E-state index in [0.717, 1.165) is 5.69 Å². The number of halogens is 1. The molecular weight excluding hydrogens is 241 g/mol. The second kappa shape index (κ2) is 5.65. The van der Waals surface area contributed by atoms with Crippen molar-refractivity contribution in [3.8, 4) is 0 Å². The summed E-state index contributed by atoms with van der Waals surface area (Å²) < 4.78 is 12.8. The minimum Gasteiger partial charge on any atom is -0.322 e. The van der Waals surface area contributed by atoms with Gasteiger partial charge in [0.15, 0.2) is 0 Å². The van der Waals surface area contributed by atoms with Crippen molar-refractivity contribution in [3.05, 3.63) is 65.5 Å². The van der Waals surface area contributed by atoms with E-state index in [1.807, 2.05) is 24.3 Å². The van der Waals surface area contributed by atoms with Crippen LogP contribution in [0.1, 0.15) is 35.7 Å². The predicted octanol–water partition coefficient (Wildman–Crippen LogP) is 4.20. The first-order valence-electron chi connectivity index (χ1n) is 6.23. The number of carbonyl (C=O) groups excluding carboxylic acids is 1. The van der Waals surface area contributed by atoms with Crippen LogP contribution in [-0.2, 0) is 0 Å². The maximum Gasteiger partial charge on any atom is 0.255 e. The molecule has 0 unspecified atom stereocenters. The Balaban J connectivity index is 2.08. The van der Waals surface area contributed by atoms with E-state index in [4.69, 9.17) is 0 Å². The van der Waals surface area contributed by atoms with Crippen LogP contribution in [0.4, 0.5) is 10.1 Å². The van der Waals surface area contributed by atoms with Gasteiger partial charge in [-0.05, 0) is 47.9 Å². The van der Waals surface area contributed by atoms with E-state index in [2.05, 4.69) is 19.2 Å². The Morgan fingerprint density at radius 3 is 2.11 bits per heavy atom. The molecule has 0 fully saturated rings. The third-order valence-corrected chi connectivity index (χ3v) is 2.94. The van der Waals surface area contributed by atoms with E-state index in [9.17, 15) is 9.18 Å². The van der Waals surface area contributed by atoms with Crippen LogP contribution >= 0.6 is 0 Å². The van der Waals surface area contributed by atoms with E-state index in [1.165, 1.54) is 29.8 Å². The molecule has 2 aromatic rings. The third-order valence-electron chi connectivity index (χ3n) is 2.94. The summed E-state index contributed by atoms with van der Waals surface area (Å²) in [5.74, 6) is -0.128. The standard InChI is InChI=1S/C16H16FNO/c1-11(2)12-5-9-15(10-6-12)18-16(19)13-3-7-14(17)8-4-13/h3-11H,1-2H3,(H,18,19). The lowest BCUT2D eigenvalue weighted by Gasteiger charge is -2.08. The number of anilines is 1. The number of amides is 1. The van der Waals surface area contributed by atoms with E-state index in [0.29, 0.717) is 11.5 Å². The van der Waals surface area contributed by atoms with E-state index >= 15 is 0 Å². The highest BCUT2D eigenvalue weighted by Crippen LogP contribution is 2.17. The van der Waals surface area contributed by atoms with Crippen molar-refractivity contribution < 1.29 is 9.18 Å². The lowest BCUT2D eigenvalue weighted by Crippen LogP contribution is -2.11. The second-order valence-electron chi connectivity index (χ2n) is 4.74. The van der Waals surface area contributed by atoms with Crippen molar-refractivity contribution >= 4 is 11.6 Å². The molecule has 0 atom stereocenters. The Morgan fingerprint density at radius 2 is 1.58 bits per heavy atom. The Labute approximate surface area is 112 Å². The van der Waals surface area contributed by atoms with Crippen LogP contribution in [0, 0.1) is 5.82 Å². The third kappa shape index (κ3) is 3.41. The number of rotatable bonds is 3. The molecule has 0 aliphatic heterocycles. The lowest BCUT2D eigenvalue weighted by molar-refractivity contribution is 0.102. The van der Waals surface area contributed by atoms with E-state index < -0.39 is 0 Å². The van der Waals surface area contributed by atoms with Crippen LogP contribution in [0.2, 0.25) is 0 Å². The van der Waals surface area contributed by atoms with Gasteiger partial charge in [0.1, 0.15) is 5.82 Å². The van der Waals surface area contributed by atoms with Crippen LogP contribution in [0.15, 0.2) is 48.5 Å². The van der Waals surface area contributed by atoms with Gasteiger partial charge in [0.2, 0.25) is 0 Å². The molecule has 1 amide bonds. The maximum absolute atomic E-state index is 12.8. The van der Waals surface area contributed by atoms with Crippen LogP contribution < -0.4 is 5.32 Å². The number of hydrogen-bond acceptors (Lipinski definition) is 1. The van der Waals surface area contributed by atoms with Gasteiger partial charge < -0.3 is 5.32 Å². The van der Waals surface area contributed by atoms with Crippen LogP contribution in [0.3, 0.4) is 0 Å². The normalized spacial score (nSPS) is 10.5. The summed E-state index contributed by atoms with van der Waals surface area (Å²) in [5, 5.41) is 2.78. The lowest BCUT2D eigenvalue weighted by atomic mass is 10.0. The van der Waals surface area contributed by atoms with Gasteiger partial charge in [-0.25, -0.2) is 4.39 Å². The van der Waals surface area contributed by atoms with Gasteiger partial charge in [-0.1, -0.05) is 26.0 Å². The van der Waals surface area contributed by atoms with E-state index in [-0.39, 0.29) is 11.7 Å². The second-order valence-corrected chi connectivity index (χ2v) is 4.74. The number of hydrogen-bond donors (Lipinski definition) is 1. The minimum absolute atomic E-state index is 0.239. The molecule has 19 heavy (non-hydrogen) atoms. The zero-order chi connectivity index (χ0) is 13.8. The first kappa shape index (κ1) is 13.3. The highest BCUT2D eigenvalue weighted by molar-refractivity contribution is 6.04. The fourth-order valence-corrected chi connectivity index (χ4v) is 1.76. The molecule has 0 heterocycles. The first-order valence-corrected chi connectivity index (χ1v) is 6.23. The molecule has 98 valence electrons. The Morgan fingerprint density at radius 1 is 1.00 bits per heavy atom. The molecule has 0 aliphatic carbocycles. The topological polar surface area (TPSA) is 29.1 Å². The molecule has 0 radical (unpaired) electrons.